The summed E-state index contributed by atoms with van der Waals surface area (Å²) in [7, 11) is 0. The Bertz CT molecular complexity index is 625. The van der Waals surface area contributed by atoms with E-state index in [4.69, 9.17) is 9.47 Å². The van der Waals surface area contributed by atoms with Crippen molar-refractivity contribution in [3.63, 3.8) is 0 Å². The van der Waals surface area contributed by atoms with E-state index in [1.165, 1.54) is 16.7 Å². The molecule has 0 aliphatic carbocycles. The highest BCUT2D eigenvalue weighted by atomic mass is 16.5. The molecule has 22 heavy (non-hydrogen) atoms. The van der Waals surface area contributed by atoms with Gasteiger partial charge >= 0.3 is 0 Å². The number of hydrogen-bond donors (Lipinski definition) is 1. The second-order valence-electron chi connectivity index (χ2n) is 5.41. The van der Waals surface area contributed by atoms with Crippen LogP contribution in [0.5, 0.6) is 11.5 Å². The smallest absolute Gasteiger partial charge is 0.161 e. The Labute approximate surface area is 132 Å². The predicted octanol–water partition coefficient (Wildman–Crippen LogP) is 3.72. The second kappa shape index (κ2) is 6.84. The van der Waals surface area contributed by atoms with Crippen molar-refractivity contribution in [2.75, 3.05) is 19.8 Å². The van der Waals surface area contributed by atoms with E-state index in [1.54, 1.807) is 0 Å². The Hall–Kier alpha value is -2.00. The molecule has 1 aliphatic heterocycles. The number of fused-ring (bicyclic) bond motifs is 1. The van der Waals surface area contributed by atoms with Gasteiger partial charge in [0.25, 0.3) is 0 Å². The molecule has 1 heterocycles. The largest absolute Gasteiger partial charge is 0.490 e. The molecule has 1 N–H and O–H groups in total. The zero-order valence-electron chi connectivity index (χ0n) is 13.3. The normalized spacial score (nSPS) is 16.9. The third kappa shape index (κ3) is 2.95. The molecule has 2 aromatic rings. The van der Waals surface area contributed by atoms with Crippen molar-refractivity contribution in [1.29, 1.82) is 0 Å². The first-order valence-corrected chi connectivity index (χ1v) is 8.04. The number of nitrogens with one attached hydrogen (secondary N) is 1. The topological polar surface area (TPSA) is 30.5 Å². The monoisotopic (exact) mass is 297 g/mol. The Kier molecular flexibility index (Phi) is 4.64. The van der Waals surface area contributed by atoms with Crippen LogP contribution in [-0.4, -0.2) is 19.8 Å². The quantitative estimate of drug-likeness (QED) is 0.912. The highest BCUT2D eigenvalue weighted by Crippen LogP contribution is 2.37. The van der Waals surface area contributed by atoms with Crippen molar-refractivity contribution >= 4 is 0 Å². The minimum absolute atomic E-state index is 0.222. The lowest BCUT2D eigenvalue weighted by molar-refractivity contribution is 0.286. The third-order valence-corrected chi connectivity index (χ3v) is 3.99. The SMILES string of the molecule is CCOc1cc2c(cc1OCC)[C@@H](c1ccccc1)NCC2. The van der Waals surface area contributed by atoms with Crippen molar-refractivity contribution in [2.45, 2.75) is 26.3 Å². The zero-order chi connectivity index (χ0) is 15.4. The Morgan fingerprint density at radius 3 is 2.36 bits per heavy atom. The lowest BCUT2D eigenvalue weighted by atomic mass is 9.89. The minimum Gasteiger partial charge on any atom is -0.490 e. The minimum atomic E-state index is 0.222. The molecule has 0 spiro atoms. The molecule has 0 bridgehead atoms. The fraction of sp³-hybridized carbons (Fsp3) is 0.368. The first-order valence-electron chi connectivity index (χ1n) is 8.04. The van der Waals surface area contributed by atoms with Gasteiger partial charge in [-0.3, -0.25) is 0 Å². The van der Waals surface area contributed by atoms with Crippen LogP contribution in [0.2, 0.25) is 0 Å². The van der Waals surface area contributed by atoms with E-state index in [-0.39, 0.29) is 6.04 Å². The van der Waals surface area contributed by atoms with Gasteiger partial charge in [0, 0.05) is 6.54 Å². The van der Waals surface area contributed by atoms with Crippen molar-refractivity contribution in [3.8, 4) is 11.5 Å². The van der Waals surface area contributed by atoms with Crippen LogP contribution >= 0.6 is 0 Å². The summed E-state index contributed by atoms with van der Waals surface area (Å²) < 4.78 is 11.5. The lowest BCUT2D eigenvalue weighted by Crippen LogP contribution is -2.30. The van der Waals surface area contributed by atoms with E-state index in [9.17, 15) is 0 Å². The van der Waals surface area contributed by atoms with Gasteiger partial charge in [-0.05, 0) is 49.1 Å². The van der Waals surface area contributed by atoms with Crippen LogP contribution in [0, 0.1) is 0 Å². The second-order valence-corrected chi connectivity index (χ2v) is 5.41. The maximum Gasteiger partial charge on any atom is 0.161 e. The van der Waals surface area contributed by atoms with Crippen LogP contribution in [0.4, 0.5) is 0 Å². The highest BCUT2D eigenvalue weighted by molar-refractivity contribution is 5.51. The van der Waals surface area contributed by atoms with E-state index in [0.717, 1.165) is 24.5 Å². The Morgan fingerprint density at radius 2 is 1.68 bits per heavy atom. The van der Waals surface area contributed by atoms with E-state index in [2.05, 4.69) is 47.8 Å². The third-order valence-electron chi connectivity index (χ3n) is 3.99. The van der Waals surface area contributed by atoms with Crippen LogP contribution in [0.25, 0.3) is 0 Å². The first-order chi connectivity index (χ1) is 10.8. The van der Waals surface area contributed by atoms with Crippen LogP contribution in [0.15, 0.2) is 42.5 Å². The number of rotatable bonds is 5. The van der Waals surface area contributed by atoms with E-state index in [1.807, 2.05) is 13.8 Å². The van der Waals surface area contributed by atoms with Gasteiger partial charge in [-0.1, -0.05) is 30.3 Å². The molecule has 3 rings (SSSR count). The van der Waals surface area contributed by atoms with Gasteiger partial charge < -0.3 is 14.8 Å². The summed E-state index contributed by atoms with van der Waals surface area (Å²) in [5, 5.41) is 3.62. The van der Waals surface area contributed by atoms with Gasteiger partial charge in [0.1, 0.15) is 0 Å². The van der Waals surface area contributed by atoms with Crippen molar-refractivity contribution in [2.24, 2.45) is 0 Å². The molecule has 0 aromatic heterocycles. The molecule has 3 nitrogen and oxygen atoms in total. The summed E-state index contributed by atoms with van der Waals surface area (Å²) in [6.45, 7) is 6.28. The Balaban J connectivity index is 2.03. The molecule has 0 saturated heterocycles. The summed E-state index contributed by atoms with van der Waals surface area (Å²) in [5.74, 6) is 1.70. The van der Waals surface area contributed by atoms with Crippen LogP contribution < -0.4 is 14.8 Å². The van der Waals surface area contributed by atoms with Gasteiger partial charge in [-0.15, -0.1) is 0 Å². The molecule has 0 unspecified atom stereocenters. The summed E-state index contributed by atoms with van der Waals surface area (Å²) in [6, 6.07) is 15.1. The molecule has 0 amide bonds. The van der Waals surface area contributed by atoms with Gasteiger partial charge in [0.2, 0.25) is 0 Å². The zero-order valence-corrected chi connectivity index (χ0v) is 13.3. The first kappa shape index (κ1) is 14.9. The van der Waals surface area contributed by atoms with Crippen molar-refractivity contribution in [1.82, 2.24) is 5.32 Å². The average Bonchev–Trinajstić information content (AvgIpc) is 2.56. The molecule has 2 aromatic carbocycles. The van der Waals surface area contributed by atoms with Crippen LogP contribution in [0.1, 0.15) is 36.6 Å². The van der Waals surface area contributed by atoms with Gasteiger partial charge in [-0.2, -0.15) is 0 Å². The van der Waals surface area contributed by atoms with Crippen molar-refractivity contribution < 1.29 is 9.47 Å². The lowest BCUT2D eigenvalue weighted by Gasteiger charge is -2.28. The average molecular weight is 297 g/mol. The van der Waals surface area contributed by atoms with E-state index in [0.29, 0.717) is 13.2 Å². The van der Waals surface area contributed by atoms with Gasteiger partial charge in [0.05, 0.1) is 19.3 Å². The standard InChI is InChI=1S/C19H23NO2/c1-3-21-17-12-15-10-11-20-19(14-8-6-5-7-9-14)16(15)13-18(17)22-4-2/h5-9,12-13,19-20H,3-4,10-11H2,1-2H3/t19-/m1/s1. The molecule has 116 valence electrons. The fourth-order valence-electron chi connectivity index (χ4n) is 3.04. The molecule has 0 saturated carbocycles. The summed E-state index contributed by atoms with van der Waals surface area (Å²) >= 11 is 0. The summed E-state index contributed by atoms with van der Waals surface area (Å²) in [6.07, 6.45) is 1.02. The highest BCUT2D eigenvalue weighted by Gasteiger charge is 2.23. The molecule has 0 fully saturated rings. The molecule has 3 heteroatoms. The maximum atomic E-state index is 5.79. The molecular formula is C19H23NO2. The summed E-state index contributed by atoms with van der Waals surface area (Å²) in [4.78, 5) is 0. The molecular weight excluding hydrogens is 274 g/mol. The molecule has 0 radical (unpaired) electrons. The Morgan fingerprint density at radius 1 is 1.00 bits per heavy atom. The van der Waals surface area contributed by atoms with Crippen LogP contribution in [-0.2, 0) is 6.42 Å². The predicted molar refractivity (Wildman–Crippen MR) is 88.8 cm³/mol. The number of hydrogen-bond acceptors (Lipinski definition) is 3. The van der Waals surface area contributed by atoms with Crippen molar-refractivity contribution in [3.05, 3.63) is 59.2 Å². The number of benzene rings is 2. The fourth-order valence-corrected chi connectivity index (χ4v) is 3.04. The van der Waals surface area contributed by atoms with Crippen LogP contribution in [0.3, 0.4) is 0 Å². The van der Waals surface area contributed by atoms with E-state index < -0.39 is 0 Å². The van der Waals surface area contributed by atoms with Gasteiger partial charge in [-0.25, -0.2) is 0 Å². The molecule has 1 aliphatic rings. The van der Waals surface area contributed by atoms with E-state index >= 15 is 0 Å². The molecule has 1 atom stereocenters. The summed E-state index contributed by atoms with van der Waals surface area (Å²) in [5.41, 5.74) is 3.93. The maximum absolute atomic E-state index is 5.79. The number of ether oxygens (including phenoxy) is 2. The van der Waals surface area contributed by atoms with Gasteiger partial charge in [0.15, 0.2) is 11.5 Å².